The number of ether oxygens (including phenoxy) is 10. The van der Waals surface area contributed by atoms with E-state index < -0.39 is 23.8 Å². The maximum atomic E-state index is 13.4. The van der Waals surface area contributed by atoms with E-state index in [1.54, 1.807) is 21.6 Å². The Bertz CT molecular complexity index is 2470. The fourth-order valence-electron chi connectivity index (χ4n) is 9.56. The molecule has 0 unspecified atom stereocenters. The molecular formula is C60H94IN11O14S. The summed E-state index contributed by atoms with van der Waals surface area (Å²) in [7, 11) is 2.67. The van der Waals surface area contributed by atoms with Gasteiger partial charge in [-0.2, -0.15) is 0 Å². The van der Waals surface area contributed by atoms with Gasteiger partial charge in [0.25, 0.3) is 0 Å². The van der Waals surface area contributed by atoms with Crippen molar-refractivity contribution in [3.05, 3.63) is 79.5 Å². The van der Waals surface area contributed by atoms with Gasteiger partial charge in [0.2, 0.25) is 11.8 Å². The lowest BCUT2D eigenvalue weighted by Crippen LogP contribution is -2.38. The minimum absolute atomic E-state index is 0. The van der Waals surface area contributed by atoms with Gasteiger partial charge in [-0.3, -0.25) is 29.2 Å². The van der Waals surface area contributed by atoms with Crippen LogP contribution in [0, 0.1) is 11.8 Å². The van der Waals surface area contributed by atoms with E-state index in [1.165, 1.54) is 57.1 Å². The normalized spacial score (nSPS) is 16.2. The molecule has 0 fully saturated rings. The number of halogens is 1. The van der Waals surface area contributed by atoms with Crippen molar-refractivity contribution in [3.63, 3.8) is 0 Å². The summed E-state index contributed by atoms with van der Waals surface area (Å²) in [6.07, 6.45) is 14.4. The highest BCUT2D eigenvalue weighted by molar-refractivity contribution is 14.0. The summed E-state index contributed by atoms with van der Waals surface area (Å²) in [5.41, 5.74) is 27.4. The predicted octanol–water partition coefficient (Wildman–Crippen LogP) is 8.67. The molecule has 0 spiro atoms. The first-order chi connectivity index (χ1) is 42.1. The fraction of sp³-hybridized carbons (Fsp3) is 0.700. The van der Waals surface area contributed by atoms with E-state index in [4.69, 9.17) is 64.2 Å². The van der Waals surface area contributed by atoms with Crippen LogP contribution in [0.15, 0.2) is 56.6 Å². The topological polar surface area (TPSA) is 315 Å². The second kappa shape index (κ2) is 48.6. The van der Waals surface area contributed by atoms with Gasteiger partial charge < -0.3 is 62.9 Å². The molecule has 0 radical (unpaired) electrons. The Hall–Kier alpha value is -5.32. The number of rotatable bonds is 38. The summed E-state index contributed by atoms with van der Waals surface area (Å²) < 4.78 is 54.3. The lowest BCUT2D eigenvalue weighted by atomic mass is 9.94. The number of fused-ring (bicyclic) bond motifs is 2. The highest BCUT2D eigenvalue weighted by atomic mass is 127. The molecule has 486 valence electrons. The number of esters is 2. The smallest absolute Gasteiger partial charge is 0.306 e. The van der Waals surface area contributed by atoms with Crippen molar-refractivity contribution in [3.8, 4) is 11.5 Å². The van der Waals surface area contributed by atoms with Crippen LogP contribution < -0.4 is 15.2 Å². The first-order valence-corrected chi connectivity index (χ1v) is 31.3. The number of unbranched alkanes of at least 4 members (excludes halogenated alkanes) is 1. The quantitative estimate of drug-likeness (QED) is 0.0164. The number of methoxy groups -OCH3 is 2. The second-order valence-corrected chi connectivity index (χ2v) is 21.3. The van der Waals surface area contributed by atoms with E-state index in [-0.39, 0.29) is 48.6 Å². The molecule has 0 saturated heterocycles. The van der Waals surface area contributed by atoms with Crippen molar-refractivity contribution in [2.24, 2.45) is 37.8 Å². The molecule has 2 aromatic carbocycles. The Morgan fingerprint density at radius 2 is 1.05 bits per heavy atom. The minimum atomic E-state index is -0.495. The molecule has 2 N–H and O–H groups in total. The minimum Gasteiger partial charge on any atom is -0.494 e. The van der Waals surface area contributed by atoms with Gasteiger partial charge in [0.15, 0.2) is 0 Å². The third-order valence-corrected chi connectivity index (χ3v) is 15.0. The number of nitrogens with two attached hydrogens (primary N) is 1. The number of nitrogens with zero attached hydrogens (tertiary/aromatic N) is 10. The van der Waals surface area contributed by atoms with E-state index in [2.05, 4.69) is 36.3 Å². The summed E-state index contributed by atoms with van der Waals surface area (Å²) in [5, 5.41) is 8.12. The van der Waals surface area contributed by atoms with Crippen molar-refractivity contribution < 1.29 is 66.5 Å². The Morgan fingerprint density at radius 1 is 0.598 bits per heavy atom. The number of hydrogen-bond acceptors (Lipinski definition) is 20. The third kappa shape index (κ3) is 32.7. The summed E-state index contributed by atoms with van der Waals surface area (Å²) >= 11 is 1.80. The lowest BCUT2D eigenvalue weighted by Gasteiger charge is -2.24. The molecule has 2 amide bonds. The van der Waals surface area contributed by atoms with Crippen LogP contribution in [-0.4, -0.2) is 203 Å². The Labute approximate surface area is 534 Å². The highest BCUT2D eigenvalue weighted by Crippen LogP contribution is 2.30. The molecule has 25 nitrogen and oxygen atoms in total. The van der Waals surface area contributed by atoms with Gasteiger partial charge >= 0.3 is 11.9 Å². The van der Waals surface area contributed by atoms with Crippen LogP contribution in [0.2, 0.25) is 0 Å². The van der Waals surface area contributed by atoms with E-state index in [0.717, 1.165) is 78.9 Å². The molecule has 4 aliphatic heterocycles. The van der Waals surface area contributed by atoms with Crippen LogP contribution in [-0.2, 0) is 83.0 Å². The molecule has 4 heterocycles. The number of amides is 2. The van der Waals surface area contributed by atoms with E-state index >= 15 is 0 Å². The summed E-state index contributed by atoms with van der Waals surface area (Å²) in [6.45, 7) is 10.6. The molecule has 4 aliphatic rings. The molecule has 87 heavy (non-hydrogen) atoms. The number of aliphatic imine (C=N–C) groups is 2. The first kappa shape index (κ1) is 75.9. The zero-order valence-electron chi connectivity index (χ0n) is 51.4. The highest BCUT2D eigenvalue weighted by Gasteiger charge is 2.33. The number of carbonyl (C=O) groups is 4. The van der Waals surface area contributed by atoms with Crippen LogP contribution in [0.1, 0.15) is 99.3 Å². The van der Waals surface area contributed by atoms with Gasteiger partial charge in [0.05, 0.1) is 136 Å². The molecule has 2 atom stereocenters. The zero-order valence-corrected chi connectivity index (χ0v) is 54.5. The van der Waals surface area contributed by atoms with Gasteiger partial charge in [-0.15, -0.1) is 35.7 Å². The molecule has 0 saturated carbocycles. The van der Waals surface area contributed by atoms with Crippen molar-refractivity contribution in [1.29, 1.82) is 0 Å². The largest absolute Gasteiger partial charge is 0.494 e. The second-order valence-electron chi connectivity index (χ2n) is 20.5. The SMILES string of the molecule is COC(=O)C[C@@H]1Cc2ccc(OCCCCC3=NCCCC3)cc2CN(CCOCCOCCOCCN=[N+]=[N-])C1=O.COC(=O)C[C@@H]1Cc2ccc(OCCCN)cc2CN(CCOCCOCCOCCN=[N+]=[N-])C1=O.CSC1=NCCCC1.I. The van der Waals surface area contributed by atoms with Gasteiger partial charge in [0, 0.05) is 67.9 Å². The average Bonchev–Trinajstić information content (AvgIpc) is 3.67. The summed E-state index contributed by atoms with van der Waals surface area (Å²) in [6, 6.07) is 11.8. The molecule has 27 heteroatoms. The van der Waals surface area contributed by atoms with Crippen molar-refractivity contribution >= 4 is 70.2 Å². The molecule has 6 rings (SSSR count). The van der Waals surface area contributed by atoms with E-state index in [0.29, 0.717) is 151 Å². The van der Waals surface area contributed by atoms with Crippen LogP contribution >= 0.6 is 35.7 Å². The Morgan fingerprint density at radius 3 is 1.45 bits per heavy atom. The van der Waals surface area contributed by atoms with Gasteiger partial charge in [0.1, 0.15) is 11.5 Å². The maximum absolute atomic E-state index is 13.4. The zero-order chi connectivity index (χ0) is 61.7. The van der Waals surface area contributed by atoms with Gasteiger partial charge in [-0.25, -0.2) is 0 Å². The van der Waals surface area contributed by atoms with E-state index in [9.17, 15) is 19.2 Å². The number of azide groups is 2. The third-order valence-electron chi connectivity index (χ3n) is 14.2. The standard InChI is InChI=1S/C30H45N5O7.C24H37N5O7.C6H11NS.HI/c1-38-29(36)22-25-20-24-8-9-28(42-13-5-3-7-27-6-2-4-10-32-27)21-26(24)23-35(30(25)37)12-15-40-17-19-41-18-16-39-14-11-33-34-31;1-32-23(30)17-20-15-19-3-4-22(36-8-2-5-25)16-21(19)18-29(24(20)31)7-10-34-12-14-35-13-11-33-9-6-27-28-26;1-8-6-4-2-3-5-7-6;/h8-9,21,25H,2-7,10-20,22-23H2,1H3;3-4,16,20H,2,5-15,17-18,25H2,1H3;2-5H2,1H3;1H/t25-;20-;;/m00../s1. The van der Waals surface area contributed by atoms with Crippen LogP contribution in [0.4, 0.5) is 0 Å². The summed E-state index contributed by atoms with van der Waals surface area (Å²) in [4.78, 5) is 68.4. The monoisotopic (exact) mass is 1350 g/mol. The van der Waals surface area contributed by atoms with Crippen LogP contribution in [0.3, 0.4) is 0 Å². The van der Waals surface area contributed by atoms with Gasteiger partial charge in [-0.05, 0) is 147 Å². The number of hydrogen-bond donors (Lipinski definition) is 1. The number of benzene rings is 2. The summed E-state index contributed by atoms with van der Waals surface area (Å²) in [5.74, 6) is -0.448. The maximum Gasteiger partial charge on any atom is 0.306 e. The predicted molar refractivity (Wildman–Crippen MR) is 344 cm³/mol. The van der Waals surface area contributed by atoms with Crippen molar-refractivity contribution in [2.45, 2.75) is 103 Å². The van der Waals surface area contributed by atoms with Crippen LogP contribution in [0.25, 0.3) is 20.9 Å². The first-order valence-electron chi connectivity index (χ1n) is 30.1. The molecule has 0 bridgehead atoms. The van der Waals surface area contributed by atoms with Crippen molar-refractivity contribution in [2.75, 3.05) is 159 Å². The molecule has 0 aliphatic carbocycles. The number of thioether (sulfide) groups is 1. The lowest BCUT2D eigenvalue weighted by molar-refractivity contribution is -0.147. The Kier molecular flexibility index (Phi) is 42.4. The molecular weight excluding hydrogens is 1260 g/mol. The number of carbonyl (C=O) groups excluding carboxylic acids is 4. The Balaban J connectivity index is 0.000000402. The van der Waals surface area contributed by atoms with Crippen molar-refractivity contribution in [1.82, 2.24) is 9.80 Å². The van der Waals surface area contributed by atoms with Gasteiger partial charge in [-0.1, -0.05) is 22.4 Å². The molecule has 2 aromatic rings. The average molecular weight is 1350 g/mol. The molecule has 0 aromatic heterocycles. The van der Waals surface area contributed by atoms with E-state index in [1.807, 2.05) is 36.4 Å². The fourth-order valence-corrected chi connectivity index (χ4v) is 10.1. The van der Waals surface area contributed by atoms with Crippen LogP contribution in [0.5, 0.6) is 11.5 Å².